The van der Waals surface area contributed by atoms with Crippen LogP contribution in [0, 0.1) is 13.8 Å². The van der Waals surface area contributed by atoms with E-state index in [0.717, 1.165) is 25.9 Å². The predicted octanol–water partition coefficient (Wildman–Crippen LogP) is 3.52. The molecule has 1 aliphatic rings. The molecule has 18 heavy (non-hydrogen) atoms. The molecule has 0 spiro atoms. The summed E-state index contributed by atoms with van der Waals surface area (Å²) in [6.07, 6.45) is 2.47. The molecule has 2 rings (SSSR count). The molecule has 1 heterocycles. The van der Waals surface area contributed by atoms with Crippen molar-refractivity contribution in [2.45, 2.75) is 52.2 Å². The Morgan fingerprint density at radius 2 is 2.11 bits per heavy atom. The molecule has 0 aliphatic carbocycles. The molecule has 0 bridgehead atoms. The van der Waals surface area contributed by atoms with Gasteiger partial charge in [-0.1, -0.05) is 31.5 Å². The zero-order valence-corrected chi connectivity index (χ0v) is 12.0. The van der Waals surface area contributed by atoms with Gasteiger partial charge in [0.25, 0.3) is 0 Å². The Balaban J connectivity index is 2.15. The van der Waals surface area contributed by atoms with Gasteiger partial charge in [0, 0.05) is 13.1 Å². The van der Waals surface area contributed by atoms with E-state index < -0.39 is 0 Å². The first kappa shape index (κ1) is 13.6. The number of morpholine rings is 1. The van der Waals surface area contributed by atoms with E-state index in [-0.39, 0.29) is 11.7 Å². The van der Waals surface area contributed by atoms with E-state index >= 15 is 0 Å². The van der Waals surface area contributed by atoms with Crippen molar-refractivity contribution in [2.75, 3.05) is 13.1 Å². The van der Waals surface area contributed by atoms with Crippen molar-refractivity contribution < 1.29 is 4.74 Å². The maximum Gasteiger partial charge on any atom is 0.0957 e. The van der Waals surface area contributed by atoms with Gasteiger partial charge in [0.2, 0.25) is 0 Å². The summed E-state index contributed by atoms with van der Waals surface area (Å²) in [5, 5.41) is 3.52. The number of benzene rings is 1. The Hall–Kier alpha value is -0.860. The second-order valence-corrected chi connectivity index (χ2v) is 5.78. The van der Waals surface area contributed by atoms with Gasteiger partial charge in [-0.25, -0.2) is 0 Å². The minimum absolute atomic E-state index is 0.0174. The van der Waals surface area contributed by atoms with Crippen molar-refractivity contribution >= 4 is 0 Å². The SMILES string of the molecule is CCCC1(C)CNCC(c2ccc(C)c(C)c2)O1. The van der Waals surface area contributed by atoms with Gasteiger partial charge in [-0.2, -0.15) is 0 Å². The molecule has 2 nitrogen and oxygen atoms in total. The highest BCUT2D eigenvalue weighted by Gasteiger charge is 2.32. The van der Waals surface area contributed by atoms with Crippen molar-refractivity contribution in [1.82, 2.24) is 5.32 Å². The monoisotopic (exact) mass is 247 g/mol. The van der Waals surface area contributed by atoms with Crippen molar-refractivity contribution in [1.29, 1.82) is 0 Å². The van der Waals surface area contributed by atoms with Crippen molar-refractivity contribution in [3.05, 3.63) is 34.9 Å². The molecular weight excluding hydrogens is 222 g/mol. The normalized spacial score (nSPS) is 28.3. The smallest absolute Gasteiger partial charge is 0.0957 e. The van der Waals surface area contributed by atoms with Gasteiger partial charge in [0.05, 0.1) is 11.7 Å². The van der Waals surface area contributed by atoms with Crippen molar-refractivity contribution in [3.63, 3.8) is 0 Å². The van der Waals surface area contributed by atoms with Gasteiger partial charge in [-0.15, -0.1) is 0 Å². The number of hydrogen-bond donors (Lipinski definition) is 1. The summed E-state index contributed by atoms with van der Waals surface area (Å²) in [6.45, 7) is 10.6. The minimum Gasteiger partial charge on any atom is -0.365 e. The minimum atomic E-state index is -0.0174. The molecule has 1 aliphatic heterocycles. The highest BCUT2D eigenvalue weighted by molar-refractivity contribution is 5.31. The van der Waals surface area contributed by atoms with Crippen LogP contribution in [0.1, 0.15) is 49.5 Å². The lowest BCUT2D eigenvalue weighted by atomic mass is 9.95. The lowest BCUT2D eigenvalue weighted by molar-refractivity contribution is -0.112. The molecule has 1 saturated heterocycles. The van der Waals surface area contributed by atoms with Crippen LogP contribution in [0.5, 0.6) is 0 Å². The summed E-state index contributed by atoms with van der Waals surface area (Å²) in [5.74, 6) is 0. The molecule has 0 amide bonds. The van der Waals surface area contributed by atoms with E-state index in [9.17, 15) is 0 Å². The highest BCUT2D eigenvalue weighted by Crippen LogP contribution is 2.30. The summed E-state index contributed by atoms with van der Waals surface area (Å²) >= 11 is 0. The zero-order valence-electron chi connectivity index (χ0n) is 12.0. The van der Waals surface area contributed by atoms with E-state index in [1.165, 1.54) is 16.7 Å². The summed E-state index contributed by atoms with van der Waals surface area (Å²) in [6, 6.07) is 6.66. The van der Waals surface area contributed by atoms with Crippen molar-refractivity contribution in [3.8, 4) is 0 Å². The van der Waals surface area contributed by atoms with Crippen molar-refractivity contribution in [2.24, 2.45) is 0 Å². The average Bonchev–Trinajstić information content (AvgIpc) is 2.32. The average molecular weight is 247 g/mol. The first-order valence-corrected chi connectivity index (χ1v) is 7.00. The standard InChI is InChI=1S/C16H25NO/c1-5-8-16(4)11-17-10-15(18-16)14-7-6-12(2)13(3)9-14/h6-7,9,15,17H,5,8,10-11H2,1-4H3. The maximum atomic E-state index is 6.33. The summed E-state index contributed by atoms with van der Waals surface area (Å²) < 4.78 is 6.33. The largest absolute Gasteiger partial charge is 0.365 e. The van der Waals surface area contributed by atoms with E-state index in [0.29, 0.717) is 0 Å². The molecule has 1 N–H and O–H groups in total. The van der Waals surface area contributed by atoms with Crippen LogP contribution in [0.25, 0.3) is 0 Å². The molecule has 2 unspecified atom stereocenters. The van der Waals surface area contributed by atoms with Crippen LogP contribution in [0.4, 0.5) is 0 Å². The second kappa shape index (κ2) is 5.41. The maximum absolute atomic E-state index is 6.33. The number of rotatable bonds is 3. The second-order valence-electron chi connectivity index (χ2n) is 5.78. The van der Waals surface area contributed by atoms with Gasteiger partial charge >= 0.3 is 0 Å². The first-order valence-electron chi connectivity index (χ1n) is 7.00. The molecule has 2 atom stereocenters. The summed E-state index contributed by atoms with van der Waals surface area (Å²) in [4.78, 5) is 0. The molecular formula is C16H25NO. The van der Waals surface area contributed by atoms with Crippen LogP contribution in [0.3, 0.4) is 0 Å². The van der Waals surface area contributed by atoms with E-state index in [2.05, 4.69) is 51.2 Å². The van der Waals surface area contributed by atoms with Gasteiger partial charge in [-0.05, 0) is 43.9 Å². The topological polar surface area (TPSA) is 21.3 Å². The van der Waals surface area contributed by atoms with E-state index in [4.69, 9.17) is 4.74 Å². The molecule has 1 fully saturated rings. The van der Waals surface area contributed by atoms with Gasteiger partial charge in [-0.3, -0.25) is 0 Å². The molecule has 0 aromatic heterocycles. The van der Waals surface area contributed by atoms with Crippen LogP contribution in [0.15, 0.2) is 18.2 Å². The molecule has 0 saturated carbocycles. The fourth-order valence-corrected chi connectivity index (χ4v) is 2.72. The fourth-order valence-electron chi connectivity index (χ4n) is 2.72. The van der Waals surface area contributed by atoms with Crippen LogP contribution in [-0.2, 0) is 4.74 Å². The first-order chi connectivity index (χ1) is 8.54. The molecule has 1 aromatic rings. The third-order valence-corrected chi connectivity index (χ3v) is 3.94. The number of aryl methyl sites for hydroxylation is 2. The van der Waals surface area contributed by atoms with Crippen LogP contribution in [-0.4, -0.2) is 18.7 Å². The molecule has 0 radical (unpaired) electrons. The number of ether oxygens (including phenoxy) is 1. The Bertz CT molecular complexity index is 412. The lowest BCUT2D eigenvalue weighted by Gasteiger charge is -2.39. The van der Waals surface area contributed by atoms with Gasteiger partial charge in [0.15, 0.2) is 0 Å². The predicted molar refractivity (Wildman–Crippen MR) is 75.9 cm³/mol. The van der Waals surface area contributed by atoms with Crippen LogP contribution >= 0.6 is 0 Å². The third-order valence-electron chi connectivity index (χ3n) is 3.94. The van der Waals surface area contributed by atoms with Gasteiger partial charge < -0.3 is 10.1 Å². The quantitative estimate of drug-likeness (QED) is 0.882. The Kier molecular flexibility index (Phi) is 4.08. The summed E-state index contributed by atoms with van der Waals surface area (Å²) in [5.41, 5.74) is 3.97. The third kappa shape index (κ3) is 2.93. The van der Waals surface area contributed by atoms with Gasteiger partial charge in [0.1, 0.15) is 0 Å². The summed E-state index contributed by atoms with van der Waals surface area (Å²) in [7, 11) is 0. The molecule has 2 heteroatoms. The van der Waals surface area contributed by atoms with Crippen LogP contribution < -0.4 is 5.32 Å². The Labute approximate surface area is 111 Å². The zero-order chi connectivity index (χ0) is 13.2. The number of nitrogens with one attached hydrogen (secondary N) is 1. The Morgan fingerprint density at radius 1 is 1.33 bits per heavy atom. The van der Waals surface area contributed by atoms with E-state index in [1.807, 2.05) is 0 Å². The Morgan fingerprint density at radius 3 is 2.78 bits per heavy atom. The number of hydrogen-bond acceptors (Lipinski definition) is 2. The van der Waals surface area contributed by atoms with Crippen LogP contribution in [0.2, 0.25) is 0 Å². The molecule has 1 aromatic carbocycles. The fraction of sp³-hybridized carbons (Fsp3) is 0.625. The van der Waals surface area contributed by atoms with E-state index in [1.54, 1.807) is 0 Å². The highest BCUT2D eigenvalue weighted by atomic mass is 16.5. The molecule has 100 valence electrons. The lowest BCUT2D eigenvalue weighted by Crippen LogP contribution is -2.48.